The van der Waals surface area contributed by atoms with Crippen molar-refractivity contribution in [3.05, 3.63) is 0 Å². The highest BCUT2D eigenvalue weighted by atomic mass is 28.3. The van der Waals surface area contributed by atoms with Gasteiger partial charge in [-0.25, -0.2) is 0 Å². The van der Waals surface area contributed by atoms with E-state index in [1.807, 2.05) is 0 Å². The van der Waals surface area contributed by atoms with Gasteiger partial charge in [-0.2, -0.15) is 0 Å². The highest BCUT2D eigenvalue weighted by molar-refractivity contribution is 6.64. The van der Waals surface area contributed by atoms with Crippen LogP contribution in [0.15, 0.2) is 0 Å². The first-order valence-electron chi connectivity index (χ1n) is 4.66. The molecule has 0 rings (SSSR count). The van der Waals surface area contributed by atoms with Crippen molar-refractivity contribution in [3.63, 3.8) is 0 Å². The normalized spacial score (nSPS) is 17.5. The Labute approximate surface area is 77.2 Å². The second-order valence-electron chi connectivity index (χ2n) is 4.53. The number of rotatable bonds is 4. The van der Waals surface area contributed by atoms with E-state index in [-0.39, 0.29) is 6.61 Å². The number of hydrogen-bond acceptors (Lipinski definition) is 2. The fourth-order valence-corrected chi connectivity index (χ4v) is 6.93. The largest absolute Gasteiger partial charge is 0.394 e. The smallest absolute Gasteiger partial charge is 0.0829 e. The first-order chi connectivity index (χ1) is 5.33. The molecular weight excluding hydrogens is 168 g/mol. The molecule has 2 nitrogen and oxygen atoms in total. The second kappa shape index (κ2) is 4.39. The van der Waals surface area contributed by atoms with Crippen LogP contribution in [0.4, 0.5) is 0 Å². The molecule has 0 fully saturated rings. The summed E-state index contributed by atoms with van der Waals surface area (Å²) in [5.41, 5.74) is 1.07. The summed E-state index contributed by atoms with van der Waals surface area (Å²) in [7, 11) is -1.28. The van der Waals surface area contributed by atoms with Gasteiger partial charge in [0.15, 0.2) is 0 Å². The molecule has 3 heteroatoms. The molecule has 0 saturated heterocycles. The van der Waals surface area contributed by atoms with Crippen LogP contribution in [0.3, 0.4) is 0 Å². The lowest BCUT2D eigenvalue weighted by molar-refractivity contribution is 0.0634. The zero-order chi connectivity index (χ0) is 9.94. The van der Waals surface area contributed by atoms with Gasteiger partial charge >= 0.3 is 0 Å². The van der Waals surface area contributed by atoms with E-state index in [4.69, 9.17) is 5.11 Å². The Kier molecular flexibility index (Phi) is 4.44. The third-order valence-electron chi connectivity index (χ3n) is 2.47. The van der Waals surface area contributed by atoms with Crippen molar-refractivity contribution < 1.29 is 10.2 Å². The average molecular weight is 190 g/mol. The Bertz CT molecular complexity index is 124. The van der Waals surface area contributed by atoms with Crippen LogP contribution in [0.2, 0.25) is 11.1 Å². The van der Waals surface area contributed by atoms with Crippen LogP contribution >= 0.6 is 0 Å². The van der Waals surface area contributed by atoms with E-state index in [0.29, 0.717) is 11.1 Å². The molecule has 0 bridgehead atoms. The van der Waals surface area contributed by atoms with E-state index in [1.165, 1.54) is 0 Å². The molecule has 2 N–H and O–H groups in total. The van der Waals surface area contributed by atoms with Crippen molar-refractivity contribution >= 4 is 8.80 Å². The lowest BCUT2D eigenvalue weighted by Crippen LogP contribution is -2.49. The standard InChI is InChI=1S/C9H22O2Si/c1-7(2)12(8(3)4)9(5,11)6-10/h7-8,10-12H,6H2,1-5H3. The Hall–Kier alpha value is 0.137. The Balaban J connectivity index is 4.50. The molecule has 74 valence electrons. The maximum Gasteiger partial charge on any atom is 0.0829 e. The SMILES string of the molecule is CC(C)[SiH](C(C)C)C(C)(O)CO. The average Bonchev–Trinajstić information content (AvgIpc) is 1.84. The van der Waals surface area contributed by atoms with E-state index in [9.17, 15) is 5.11 Å². The van der Waals surface area contributed by atoms with Gasteiger partial charge in [0.1, 0.15) is 0 Å². The van der Waals surface area contributed by atoms with Crippen LogP contribution in [0, 0.1) is 0 Å². The van der Waals surface area contributed by atoms with Crippen LogP contribution in [0.1, 0.15) is 34.6 Å². The molecule has 0 aliphatic carbocycles. The molecule has 0 heterocycles. The molecule has 0 aliphatic rings. The maximum absolute atomic E-state index is 9.94. The molecule has 0 aromatic heterocycles. The van der Waals surface area contributed by atoms with Gasteiger partial charge in [0.25, 0.3) is 0 Å². The predicted molar refractivity (Wildman–Crippen MR) is 55.1 cm³/mol. The van der Waals surface area contributed by atoms with E-state index in [2.05, 4.69) is 27.7 Å². The lowest BCUT2D eigenvalue weighted by atomic mass is 10.4. The van der Waals surface area contributed by atoms with Crippen LogP contribution in [0.5, 0.6) is 0 Å². The molecule has 0 aromatic rings. The number of aliphatic hydroxyl groups is 2. The number of aliphatic hydroxyl groups excluding tert-OH is 1. The monoisotopic (exact) mass is 190 g/mol. The zero-order valence-electron chi connectivity index (χ0n) is 8.83. The van der Waals surface area contributed by atoms with Crippen molar-refractivity contribution in [1.29, 1.82) is 0 Å². The summed E-state index contributed by atoms with van der Waals surface area (Å²) in [5.74, 6) is 0. The highest BCUT2D eigenvalue weighted by Crippen LogP contribution is 2.28. The van der Waals surface area contributed by atoms with Gasteiger partial charge < -0.3 is 10.2 Å². The topological polar surface area (TPSA) is 40.5 Å². The molecule has 0 aromatic carbocycles. The lowest BCUT2D eigenvalue weighted by Gasteiger charge is -2.35. The fourth-order valence-electron chi connectivity index (χ4n) is 2.31. The molecule has 0 amide bonds. The third-order valence-corrected chi connectivity index (χ3v) is 6.97. The quantitative estimate of drug-likeness (QED) is 0.656. The van der Waals surface area contributed by atoms with Gasteiger partial charge in [-0.1, -0.05) is 38.8 Å². The van der Waals surface area contributed by atoms with Gasteiger partial charge in [0.05, 0.1) is 20.6 Å². The first-order valence-corrected chi connectivity index (χ1v) is 6.57. The second-order valence-corrected chi connectivity index (χ2v) is 9.49. The van der Waals surface area contributed by atoms with Gasteiger partial charge in [-0.3, -0.25) is 0 Å². The highest BCUT2D eigenvalue weighted by Gasteiger charge is 2.36. The molecule has 0 radical (unpaired) electrons. The third kappa shape index (κ3) is 2.88. The van der Waals surface area contributed by atoms with Crippen molar-refractivity contribution in [1.82, 2.24) is 0 Å². The van der Waals surface area contributed by atoms with Crippen LogP contribution in [0.25, 0.3) is 0 Å². The molecule has 1 unspecified atom stereocenters. The molecule has 0 aliphatic heterocycles. The van der Waals surface area contributed by atoms with E-state index < -0.39 is 14.0 Å². The van der Waals surface area contributed by atoms with E-state index >= 15 is 0 Å². The minimum atomic E-state index is -1.28. The Morgan fingerprint density at radius 1 is 1.17 bits per heavy atom. The molecule has 0 spiro atoms. The molecule has 1 atom stereocenters. The molecule has 0 saturated carbocycles. The zero-order valence-corrected chi connectivity index (χ0v) is 9.99. The summed E-state index contributed by atoms with van der Waals surface area (Å²) in [6.45, 7) is 10.2. The Morgan fingerprint density at radius 3 is 1.58 bits per heavy atom. The summed E-state index contributed by atoms with van der Waals surface area (Å²) in [6, 6.07) is 0. The minimum Gasteiger partial charge on any atom is -0.394 e. The van der Waals surface area contributed by atoms with Crippen molar-refractivity contribution in [2.24, 2.45) is 0 Å². The summed E-state index contributed by atoms with van der Waals surface area (Å²) in [6.07, 6.45) is 0. The van der Waals surface area contributed by atoms with Gasteiger partial charge in [-0.05, 0) is 6.92 Å². The number of hydrogen-bond donors (Lipinski definition) is 2. The summed E-state index contributed by atoms with van der Waals surface area (Å²) in [4.78, 5) is 0. The predicted octanol–water partition coefficient (Wildman–Crippen LogP) is 1.32. The first kappa shape index (κ1) is 12.1. The van der Waals surface area contributed by atoms with E-state index in [0.717, 1.165) is 0 Å². The van der Waals surface area contributed by atoms with Gasteiger partial charge in [0.2, 0.25) is 0 Å². The summed E-state index contributed by atoms with van der Waals surface area (Å²) < 4.78 is 0. The summed E-state index contributed by atoms with van der Waals surface area (Å²) >= 11 is 0. The van der Waals surface area contributed by atoms with Crippen LogP contribution in [-0.4, -0.2) is 30.8 Å². The molecule has 12 heavy (non-hydrogen) atoms. The summed E-state index contributed by atoms with van der Waals surface area (Å²) in [5, 5.41) is 18.2. The van der Waals surface area contributed by atoms with Gasteiger partial charge in [0, 0.05) is 0 Å². The maximum atomic E-state index is 9.94. The van der Waals surface area contributed by atoms with Gasteiger partial charge in [-0.15, -0.1) is 0 Å². The fraction of sp³-hybridized carbons (Fsp3) is 1.00. The van der Waals surface area contributed by atoms with Crippen molar-refractivity contribution in [2.45, 2.75) is 50.9 Å². The van der Waals surface area contributed by atoms with Crippen molar-refractivity contribution in [3.8, 4) is 0 Å². The van der Waals surface area contributed by atoms with Crippen LogP contribution in [-0.2, 0) is 0 Å². The minimum absolute atomic E-state index is 0.0970. The van der Waals surface area contributed by atoms with Crippen molar-refractivity contribution in [2.75, 3.05) is 6.61 Å². The molecular formula is C9H22O2Si. The van der Waals surface area contributed by atoms with Crippen LogP contribution < -0.4 is 0 Å². The Morgan fingerprint density at radius 2 is 1.50 bits per heavy atom. The van der Waals surface area contributed by atoms with E-state index in [1.54, 1.807) is 6.92 Å².